The van der Waals surface area contributed by atoms with Crippen LogP contribution in [0.1, 0.15) is 40.5 Å². The highest BCUT2D eigenvalue weighted by Gasteiger charge is 2.28. The fraction of sp³-hybridized carbons (Fsp3) is 0.941. The lowest BCUT2D eigenvalue weighted by Gasteiger charge is -2.19. The second-order valence-corrected chi connectivity index (χ2v) is 10.1. The van der Waals surface area contributed by atoms with Crippen molar-refractivity contribution in [2.45, 2.75) is 45.3 Å². The maximum atomic E-state index is 12.1. The first-order valence-corrected chi connectivity index (χ1v) is 10.8. The first-order chi connectivity index (χ1) is 11.8. The summed E-state index contributed by atoms with van der Waals surface area (Å²) in [6, 6.07) is 0. The molecule has 25 heavy (non-hydrogen) atoms. The van der Waals surface area contributed by atoms with Crippen molar-refractivity contribution in [2.75, 3.05) is 51.8 Å². The van der Waals surface area contributed by atoms with Crippen LogP contribution in [0.3, 0.4) is 0 Å². The van der Waals surface area contributed by atoms with E-state index < -0.39 is 14.6 Å². The van der Waals surface area contributed by atoms with E-state index in [1.54, 1.807) is 20.8 Å². The van der Waals surface area contributed by atoms with Gasteiger partial charge in [0.2, 0.25) is 0 Å². The maximum Gasteiger partial charge on any atom is 0.191 e. The van der Waals surface area contributed by atoms with E-state index in [1.165, 1.54) is 0 Å². The molecule has 1 saturated heterocycles. The highest BCUT2D eigenvalue weighted by Crippen LogP contribution is 2.15. The van der Waals surface area contributed by atoms with Gasteiger partial charge in [-0.1, -0.05) is 0 Å². The van der Waals surface area contributed by atoms with Gasteiger partial charge in [0.25, 0.3) is 0 Å². The zero-order chi connectivity index (χ0) is 18.8. The Bertz CT molecular complexity index is 495. The summed E-state index contributed by atoms with van der Waals surface area (Å²) in [5, 5.41) is 6.22. The number of hydrogen-bond donors (Lipinski definition) is 2. The third-order valence-electron chi connectivity index (χ3n) is 4.03. The van der Waals surface area contributed by atoms with Gasteiger partial charge in [-0.2, -0.15) is 0 Å². The molecule has 1 fully saturated rings. The van der Waals surface area contributed by atoms with E-state index in [0.717, 1.165) is 39.2 Å². The van der Waals surface area contributed by atoms with Crippen molar-refractivity contribution in [3.8, 4) is 0 Å². The smallest absolute Gasteiger partial charge is 0.191 e. The van der Waals surface area contributed by atoms with Crippen LogP contribution in [0.2, 0.25) is 0 Å². The van der Waals surface area contributed by atoms with Gasteiger partial charge in [0.15, 0.2) is 15.8 Å². The molecule has 0 amide bonds. The largest absolute Gasteiger partial charge is 0.381 e. The lowest BCUT2D eigenvalue weighted by atomic mass is 10.1. The molecule has 1 atom stereocenters. The number of ether oxygens (including phenoxy) is 2. The molecule has 0 saturated carbocycles. The fourth-order valence-electron chi connectivity index (χ4n) is 2.27. The molecule has 148 valence electrons. The lowest BCUT2D eigenvalue weighted by Crippen LogP contribution is -2.41. The van der Waals surface area contributed by atoms with Crippen molar-refractivity contribution in [1.29, 1.82) is 0 Å². The van der Waals surface area contributed by atoms with Gasteiger partial charge in [0.05, 0.1) is 23.7 Å². The minimum Gasteiger partial charge on any atom is -0.381 e. The average molecular weight is 378 g/mol. The first-order valence-electron chi connectivity index (χ1n) is 9.16. The monoisotopic (exact) mass is 377 g/mol. The Labute approximate surface area is 152 Å². The molecule has 1 aliphatic heterocycles. The van der Waals surface area contributed by atoms with E-state index in [9.17, 15) is 8.42 Å². The Kier molecular flexibility index (Phi) is 9.74. The van der Waals surface area contributed by atoms with Crippen LogP contribution < -0.4 is 10.6 Å². The number of nitrogens with one attached hydrogen (secondary N) is 2. The predicted molar refractivity (Wildman–Crippen MR) is 102 cm³/mol. The molecular weight excluding hydrogens is 342 g/mol. The summed E-state index contributed by atoms with van der Waals surface area (Å²) in [6.07, 6.45) is 1.93. The zero-order valence-electron chi connectivity index (χ0n) is 16.1. The summed E-state index contributed by atoms with van der Waals surface area (Å²) < 4.78 is 34.5. The molecule has 0 bridgehead atoms. The van der Waals surface area contributed by atoms with Gasteiger partial charge in [0, 0.05) is 38.8 Å². The van der Waals surface area contributed by atoms with Gasteiger partial charge in [0.1, 0.15) is 0 Å². The highest BCUT2D eigenvalue weighted by molar-refractivity contribution is 7.92. The van der Waals surface area contributed by atoms with Crippen LogP contribution >= 0.6 is 0 Å². The van der Waals surface area contributed by atoms with Crippen molar-refractivity contribution in [3.63, 3.8) is 0 Å². The van der Waals surface area contributed by atoms with Crippen LogP contribution in [-0.4, -0.2) is 70.9 Å². The van der Waals surface area contributed by atoms with E-state index >= 15 is 0 Å². The number of nitrogens with zero attached hydrogens (tertiary/aromatic N) is 1. The molecular formula is C17H35N3O4S. The van der Waals surface area contributed by atoms with Gasteiger partial charge in [-0.05, 0) is 40.5 Å². The molecule has 1 aliphatic rings. The highest BCUT2D eigenvalue weighted by atomic mass is 32.2. The molecule has 1 rings (SSSR count). The minimum absolute atomic E-state index is 0.0908. The number of rotatable bonds is 10. The Hall–Kier alpha value is -0.860. The summed E-state index contributed by atoms with van der Waals surface area (Å²) in [5.41, 5.74) is 0. The minimum atomic E-state index is -3.12. The molecule has 8 heteroatoms. The number of sulfone groups is 1. The normalized spacial score (nSPS) is 19.2. The van der Waals surface area contributed by atoms with E-state index in [2.05, 4.69) is 15.6 Å². The van der Waals surface area contributed by atoms with Crippen molar-refractivity contribution in [3.05, 3.63) is 0 Å². The van der Waals surface area contributed by atoms with E-state index in [4.69, 9.17) is 9.47 Å². The summed E-state index contributed by atoms with van der Waals surface area (Å²) in [4.78, 5) is 4.46. The summed E-state index contributed by atoms with van der Waals surface area (Å²) in [7, 11) is -3.12. The first kappa shape index (κ1) is 22.2. The zero-order valence-corrected chi connectivity index (χ0v) is 17.0. The molecule has 1 unspecified atom stereocenters. The Morgan fingerprint density at radius 1 is 1.32 bits per heavy atom. The fourth-order valence-corrected chi connectivity index (χ4v) is 3.26. The molecule has 0 aromatic carbocycles. The van der Waals surface area contributed by atoms with Crippen LogP contribution in [-0.2, 0) is 19.3 Å². The van der Waals surface area contributed by atoms with E-state index in [-0.39, 0.29) is 5.75 Å². The summed E-state index contributed by atoms with van der Waals surface area (Å²) >= 11 is 0. The molecule has 7 nitrogen and oxygen atoms in total. The predicted octanol–water partition coefficient (Wildman–Crippen LogP) is 1.20. The third kappa shape index (κ3) is 8.87. The lowest BCUT2D eigenvalue weighted by molar-refractivity contribution is 0.0893. The SMILES string of the molecule is CCNC(=NCCCOCC1CCOC1)NCCS(=O)(=O)C(C)(C)C. The molecule has 0 aromatic rings. The van der Waals surface area contributed by atoms with E-state index in [1.807, 2.05) is 6.92 Å². The summed E-state index contributed by atoms with van der Waals surface area (Å²) in [6.45, 7) is 12.0. The molecule has 2 N–H and O–H groups in total. The standard InChI is InChI=1S/C17H35N3O4S/c1-5-18-16(20-9-12-25(21,22)17(2,3)4)19-8-6-10-23-13-15-7-11-24-14-15/h15H,5-14H2,1-4H3,(H2,18,19,20). The van der Waals surface area contributed by atoms with Gasteiger partial charge in [-0.15, -0.1) is 0 Å². The molecule has 0 spiro atoms. The Morgan fingerprint density at radius 2 is 2.08 bits per heavy atom. The van der Waals surface area contributed by atoms with Crippen LogP contribution in [0.15, 0.2) is 4.99 Å². The number of hydrogen-bond acceptors (Lipinski definition) is 5. The van der Waals surface area contributed by atoms with Crippen molar-refractivity contribution in [2.24, 2.45) is 10.9 Å². The van der Waals surface area contributed by atoms with Gasteiger partial charge >= 0.3 is 0 Å². The molecule has 0 aliphatic carbocycles. The van der Waals surface area contributed by atoms with Gasteiger partial charge < -0.3 is 20.1 Å². The molecule has 1 heterocycles. The van der Waals surface area contributed by atoms with Crippen LogP contribution in [0.5, 0.6) is 0 Å². The van der Waals surface area contributed by atoms with Crippen LogP contribution in [0.4, 0.5) is 0 Å². The van der Waals surface area contributed by atoms with Crippen LogP contribution in [0, 0.1) is 5.92 Å². The Morgan fingerprint density at radius 3 is 2.68 bits per heavy atom. The average Bonchev–Trinajstić information content (AvgIpc) is 3.02. The van der Waals surface area contributed by atoms with Crippen molar-refractivity contribution in [1.82, 2.24) is 10.6 Å². The van der Waals surface area contributed by atoms with Crippen molar-refractivity contribution >= 4 is 15.8 Å². The van der Waals surface area contributed by atoms with Gasteiger partial charge in [-0.25, -0.2) is 8.42 Å². The molecule has 0 radical (unpaired) electrons. The molecule has 0 aromatic heterocycles. The number of aliphatic imine (C=N–C) groups is 1. The Balaban J connectivity index is 2.24. The second-order valence-electron chi connectivity index (χ2n) is 7.28. The van der Waals surface area contributed by atoms with Crippen molar-refractivity contribution < 1.29 is 17.9 Å². The topological polar surface area (TPSA) is 89.0 Å². The quantitative estimate of drug-likeness (QED) is 0.338. The van der Waals surface area contributed by atoms with Gasteiger partial charge in [-0.3, -0.25) is 4.99 Å². The second kappa shape index (κ2) is 11.0. The van der Waals surface area contributed by atoms with Crippen LogP contribution in [0.25, 0.3) is 0 Å². The maximum absolute atomic E-state index is 12.1. The third-order valence-corrected chi connectivity index (χ3v) is 6.64. The number of guanidine groups is 1. The van der Waals surface area contributed by atoms with E-state index in [0.29, 0.717) is 31.6 Å². The summed E-state index contributed by atoms with van der Waals surface area (Å²) in [5.74, 6) is 1.27.